The van der Waals surface area contributed by atoms with Crippen LogP contribution in [0.4, 0.5) is 0 Å². The maximum absolute atomic E-state index is 6.21. The summed E-state index contributed by atoms with van der Waals surface area (Å²) in [5.41, 5.74) is 6.53. The maximum atomic E-state index is 6.21. The van der Waals surface area contributed by atoms with Crippen LogP contribution in [0.5, 0.6) is 11.5 Å². The number of aryl methyl sites for hydroxylation is 1. The van der Waals surface area contributed by atoms with Gasteiger partial charge in [0.05, 0.1) is 12.1 Å². The fourth-order valence-corrected chi connectivity index (χ4v) is 2.04. The van der Waals surface area contributed by atoms with E-state index in [1.165, 1.54) is 0 Å². The van der Waals surface area contributed by atoms with E-state index in [2.05, 4.69) is 10.2 Å². The highest BCUT2D eigenvalue weighted by atomic mass is 35.5. The van der Waals surface area contributed by atoms with E-state index in [0.717, 1.165) is 12.0 Å². The van der Waals surface area contributed by atoms with Crippen LogP contribution in [0.15, 0.2) is 16.5 Å². The minimum absolute atomic E-state index is 0.132. The van der Waals surface area contributed by atoms with Gasteiger partial charge in [-0.1, -0.05) is 11.6 Å². The summed E-state index contributed by atoms with van der Waals surface area (Å²) < 4.78 is 16.1. The molecule has 0 aliphatic heterocycles. The van der Waals surface area contributed by atoms with Crippen molar-refractivity contribution in [3.63, 3.8) is 0 Å². The zero-order valence-electron chi connectivity index (χ0n) is 11.4. The second-order valence-electron chi connectivity index (χ2n) is 4.15. The number of nitrogens with two attached hydrogens (primary N) is 1. The summed E-state index contributed by atoms with van der Waals surface area (Å²) in [4.78, 5) is 0. The summed E-state index contributed by atoms with van der Waals surface area (Å²) in [6, 6.07) is 3.67. The van der Waals surface area contributed by atoms with E-state index in [1.807, 2.05) is 12.1 Å². The third-order valence-electron chi connectivity index (χ3n) is 2.63. The normalized spacial score (nSPS) is 10.6. The molecule has 0 unspecified atom stereocenters. The van der Waals surface area contributed by atoms with Gasteiger partial charge in [0.15, 0.2) is 18.1 Å². The molecule has 20 heavy (non-hydrogen) atoms. The van der Waals surface area contributed by atoms with E-state index in [0.29, 0.717) is 34.8 Å². The largest absolute Gasteiger partial charge is 0.493 e. The van der Waals surface area contributed by atoms with Gasteiger partial charge in [0.1, 0.15) is 0 Å². The molecular formula is C13H16ClN3O3. The van der Waals surface area contributed by atoms with Gasteiger partial charge in [-0.2, -0.15) is 0 Å². The van der Waals surface area contributed by atoms with Crippen molar-refractivity contribution >= 4 is 11.6 Å². The van der Waals surface area contributed by atoms with Crippen molar-refractivity contribution in [2.24, 2.45) is 5.73 Å². The summed E-state index contributed by atoms with van der Waals surface area (Å²) in [7, 11) is 1.56. The van der Waals surface area contributed by atoms with E-state index in [9.17, 15) is 0 Å². The topological polar surface area (TPSA) is 83.4 Å². The van der Waals surface area contributed by atoms with Crippen LogP contribution in [0.1, 0.15) is 17.3 Å². The standard InChI is InChI=1S/C13H16ClN3O3/c1-8-16-17-12(20-8)7-19-13-10(14)5-9(3-4-15)6-11(13)18-2/h5-6H,3-4,7,15H2,1-2H3. The Morgan fingerprint density at radius 1 is 1.35 bits per heavy atom. The quantitative estimate of drug-likeness (QED) is 0.879. The predicted molar refractivity (Wildman–Crippen MR) is 74.1 cm³/mol. The van der Waals surface area contributed by atoms with E-state index >= 15 is 0 Å². The lowest BCUT2D eigenvalue weighted by Crippen LogP contribution is -2.04. The number of methoxy groups -OCH3 is 1. The van der Waals surface area contributed by atoms with Gasteiger partial charge in [0.2, 0.25) is 5.89 Å². The van der Waals surface area contributed by atoms with Crippen molar-refractivity contribution in [3.8, 4) is 11.5 Å². The van der Waals surface area contributed by atoms with E-state index in [1.54, 1.807) is 14.0 Å². The summed E-state index contributed by atoms with van der Waals surface area (Å²) in [5.74, 6) is 1.87. The highest BCUT2D eigenvalue weighted by Crippen LogP contribution is 2.37. The summed E-state index contributed by atoms with van der Waals surface area (Å²) >= 11 is 6.21. The molecular weight excluding hydrogens is 282 g/mol. The van der Waals surface area contributed by atoms with Crippen LogP contribution < -0.4 is 15.2 Å². The van der Waals surface area contributed by atoms with Gasteiger partial charge in [-0.3, -0.25) is 0 Å². The first-order chi connectivity index (χ1) is 9.63. The Kier molecular flexibility index (Phi) is 4.81. The summed E-state index contributed by atoms with van der Waals surface area (Å²) in [6.07, 6.45) is 0.721. The SMILES string of the molecule is COc1cc(CCN)cc(Cl)c1OCc1nnc(C)o1. The van der Waals surface area contributed by atoms with Gasteiger partial charge >= 0.3 is 0 Å². The third kappa shape index (κ3) is 3.40. The van der Waals surface area contributed by atoms with E-state index in [4.69, 9.17) is 31.2 Å². The van der Waals surface area contributed by atoms with Crippen LogP contribution in [0.3, 0.4) is 0 Å². The molecule has 1 aromatic heterocycles. The molecule has 0 amide bonds. The second kappa shape index (κ2) is 6.58. The van der Waals surface area contributed by atoms with Gasteiger partial charge in [-0.15, -0.1) is 10.2 Å². The molecule has 1 heterocycles. The first-order valence-electron chi connectivity index (χ1n) is 6.12. The van der Waals surface area contributed by atoms with Gasteiger partial charge in [-0.05, 0) is 30.7 Å². The lowest BCUT2D eigenvalue weighted by atomic mass is 10.1. The second-order valence-corrected chi connectivity index (χ2v) is 4.56. The minimum atomic E-state index is 0.132. The number of halogens is 1. The Balaban J connectivity index is 2.17. The number of hydrogen-bond acceptors (Lipinski definition) is 6. The predicted octanol–water partition coefficient (Wildman–Crippen LogP) is 2.12. The molecule has 6 nitrogen and oxygen atoms in total. The van der Waals surface area contributed by atoms with Crippen molar-refractivity contribution in [2.45, 2.75) is 20.0 Å². The van der Waals surface area contributed by atoms with Gasteiger partial charge in [0, 0.05) is 6.92 Å². The van der Waals surface area contributed by atoms with Crippen molar-refractivity contribution in [2.75, 3.05) is 13.7 Å². The molecule has 7 heteroatoms. The average Bonchev–Trinajstić information content (AvgIpc) is 2.83. The number of rotatable bonds is 6. The summed E-state index contributed by atoms with van der Waals surface area (Å²) in [6.45, 7) is 2.39. The van der Waals surface area contributed by atoms with Gasteiger partial charge < -0.3 is 19.6 Å². The van der Waals surface area contributed by atoms with Crippen LogP contribution in [0.2, 0.25) is 5.02 Å². The van der Waals surface area contributed by atoms with Crippen LogP contribution in [0.25, 0.3) is 0 Å². The monoisotopic (exact) mass is 297 g/mol. The Hall–Kier alpha value is -1.79. The molecule has 0 saturated carbocycles. The summed E-state index contributed by atoms with van der Waals surface area (Å²) in [5, 5.41) is 8.04. The molecule has 108 valence electrons. The first kappa shape index (κ1) is 14.6. The average molecular weight is 298 g/mol. The highest BCUT2D eigenvalue weighted by molar-refractivity contribution is 6.32. The Bertz CT molecular complexity index is 586. The molecule has 0 bridgehead atoms. The first-order valence-corrected chi connectivity index (χ1v) is 6.50. The number of nitrogens with zero attached hydrogens (tertiary/aromatic N) is 2. The molecule has 2 aromatic rings. The number of ether oxygens (including phenoxy) is 2. The molecule has 0 aliphatic rings. The zero-order valence-corrected chi connectivity index (χ0v) is 12.1. The molecule has 0 radical (unpaired) electrons. The molecule has 2 N–H and O–H groups in total. The Morgan fingerprint density at radius 2 is 2.15 bits per heavy atom. The van der Waals surface area contributed by atoms with Gasteiger partial charge in [-0.25, -0.2) is 0 Å². The maximum Gasteiger partial charge on any atom is 0.253 e. The van der Waals surface area contributed by atoms with Crippen LogP contribution in [-0.4, -0.2) is 23.9 Å². The third-order valence-corrected chi connectivity index (χ3v) is 2.91. The molecule has 0 aliphatic carbocycles. The van der Waals surface area contributed by atoms with Crippen LogP contribution in [0, 0.1) is 6.92 Å². The Morgan fingerprint density at radius 3 is 2.75 bits per heavy atom. The van der Waals surface area contributed by atoms with Crippen molar-refractivity contribution in [1.29, 1.82) is 0 Å². The number of aromatic nitrogens is 2. The molecule has 0 fully saturated rings. The Labute approximate surface area is 121 Å². The molecule has 0 atom stereocenters. The minimum Gasteiger partial charge on any atom is -0.493 e. The van der Waals surface area contributed by atoms with E-state index < -0.39 is 0 Å². The lowest BCUT2D eigenvalue weighted by Gasteiger charge is -2.13. The van der Waals surface area contributed by atoms with Crippen LogP contribution >= 0.6 is 11.6 Å². The van der Waals surface area contributed by atoms with Crippen molar-refractivity contribution in [1.82, 2.24) is 10.2 Å². The van der Waals surface area contributed by atoms with Gasteiger partial charge in [0.25, 0.3) is 5.89 Å². The molecule has 1 aromatic carbocycles. The molecule has 0 spiro atoms. The smallest absolute Gasteiger partial charge is 0.253 e. The molecule has 2 rings (SSSR count). The van der Waals surface area contributed by atoms with E-state index in [-0.39, 0.29) is 6.61 Å². The highest BCUT2D eigenvalue weighted by Gasteiger charge is 2.13. The van der Waals surface area contributed by atoms with Crippen LogP contribution in [-0.2, 0) is 13.0 Å². The molecule has 0 saturated heterocycles. The lowest BCUT2D eigenvalue weighted by molar-refractivity contribution is 0.248. The number of benzene rings is 1. The van der Waals surface area contributed by atoms with Crippen molar-refractivity contribution < 1.29 is 13.9 Å². The fraction of sp³-hybridized carbons (Fsp3) is 0.385. The van der Waals surface area contributed by atoms with Crippen molar-refractivity contribution in [3.05, 3.63) is 34.5 Å². The zero-order chi connectivity index (χ0) is 14.5. The fourth-order valence-electron chi connectivity index (χ4n) is 1.75. The number of hydrogen-bond donors (Lipinski definition) is 1.